The molecule has 0 aromatic heterocycles. The Balaban J connectivity index is 1.86. The van der Waals surface area contributed by atoms with Gasteiger partial charge in [-0.3, -0.25) is 0 Å². The monoisotopic (exact) mass is 246 g/mol. The fraction of sp³-hybridized carbons (Fsp3) is 0.625. The van der Waals surface area contributed by atoms with E-state index < -0.39 is 0 Å². The molecule has 2 atom stereocenters. The predicted molar refractivity (Wildman–Crippen MR) is 79.0 cm³/mol. The molecule has 18 heavy (non-hydrogen) atoms. The lowest BCUT2D eigenvalue weighted by molar-refractivity contribution is 0.389. The summed E-state index contributed by atoms with van der Waals surface area (Å²) in [4.78, 5) is 2.14. The molecule has 0 amide bonds. The quantitative estimate of drug-likeness (QED) is 0.856. The maximum absolute atomic E-state index is 3.73. The van der Waals surface area contributed by atoms with Crippen LogP contribution in [0.2, 0.25) is 0 Å². The van der Waals surface area contributed by atoms with Crippen LogP contribution in [0.15, 0.2) is 24.3 Å². The standard InChI is InChI=1S/C16H26N2/c1-4-14-6-5-7-16(14)17-12-13-8-10-15(11-9-13)18(2)3/h8-11,14,16-17H,4-7,12H2,1-3H3. The zero-order valence-corrected chi connectivity index (χ0v) is 11.9. The van der Waals surface area contributed by atoms with Crippen LogP contribution in [0.25, 0.3) is 0 Å². The highest BCUT2D eigenvalue weighted by molar-refractivity contribution is 5.45. The Morgan fingerprint density at radius 2 is 1.89 bits per heavy atom. The SMILES string of the molecule is CCC1CCCC1NCc1ccc(N(C)C)cc1. The normalized spacial score (nSPS) is 23.3. The summed E-state index contributed by atoms with van der Waals surface area (Å²) in [5.74, 6) is 0.894. The number of anilines is 1. The molecule has 1 aliphatic rings. The van der Waals surface area contributed by atoms with E-state index in [4.69, 9.17) is 0 Å². The Kier molecular flexibility index (Phi) is 4.65. The minimum Gasteiger partial charge on any atom is -0.378 e. The summed E-state index contributed by atoms with van der Waals surface area (Å²) in [6.45, 7) is 3.32. The first kappa shape index (κ1) is 13.4. The number of rotatable bonds is 5. The summed E-state index contributed by atoms with van der Waals surface area (Å²) in [6.07, 6.45) is 5.48. The lowest BCUT2D eigenvalue weighted by atomic mass is 10.0. The van der Waals surface area contributed by atoms with Crippen molar-refractivity contribution in [2.45, 2.75) is 45.2 Å². The summed E-state index contributed by atoms with van der Waals surface area (Å²) < 4.78 is 0. The molecule has 1 saturated carbocycles. The van der Waals surface area contributed by atoms with Gasteiger partial charge in [0.1, 0.15) is 0 Å². The van der Waals surface area contributed by atoms with Crippen LogP contribution in [-0.2, 0) is 6.54 Å². The molecule has 100 valence electrons. The molecule has 2 unspecified atom stereocenters. The van der Waals surface area contributed by atoms with Gasteiger partial charge in [0.05, 0.1) is 0 Å². The van der Waals surface area contributed by atoms with E-state index in [1.807, 2.05) is 0 Å². The molecule has 0 spiro atoms. The third-order valence-electron chi connectivity index (χ3n) is 4.20. The maximum Gasteiger partial charge on any atom is 0.0361 e. The van der Waals surface area contributed by atoms with Crippen molar-refractivity contribution in [3.63, 3.8) is 0 Å². The van der Waals surface area contributed by atoms with Gasteiger partial charge in [-0.05, 0) is 36.5 Å². The predicted octanol–water partition coefficient (Wildman–Crippen LogP) is 3.42. The molecule has 1 N–H and O–H groups in total. The molecule has 2 nitrogen and oxygen atoms in total. The highest BCUT2D eigenvalue weighted by Gasteiger charge is 2.24. The Morgan fingerprint density at radius 3 is 2.50 bits per heavy atom. The second kappa shape index (κ2) is 6.24. The van der Waals surface area contributed by atoms with Crippen molar-refractivity contribution in [1.29, 1.82) is 0 Å². The van der Waals surface area contributed by atoms with Gasteiger partial charge >= 0.3 is 0 Å². The van der Waals surface area contributed by atoms with Crippen LogP contribution in [0.3, 0.4) is 0 Å². The van der Waals surface area contributed by atoms with E-state index in [9.17, 15) is 0 Å². The van der Waals surface area contributed by atoms with Gasteiger partial charge < -0.3 is 10.2 Å². The number of hydrogen-bond acceptors (Lipinski definition) is 2. The molecule has 2 rings (SSSR count). The zero-order chi connectivity index (χ0) is 13.0. The molecule has 1 aromatic carbocycles. The third-order valence-corrected chi connectivity index (χ3v) is 4.20. The minimum absolute atomic E-state index is 0.739. The van der Waals surface area contributed by atoms with Crippen LogP contribution in [0.4, 0.5) is 5.69 Å². The highest BCUT2D eigenvalue weighted by atomic mass is 15.1. The van der Waals surface area contributed by atoms with Crippen molar-refractivity contribution in [2.24, 2.45) is 5.92 Å². The Morgan fingerprint density at radius 1 is 1.17 bits per heavy atom. The molecule has 0 radical (unpaired) electrons. The first-order chi connectivity index (χ1) is 8.70. The van der Waals surface area contributed by atoms with Crippen molar-refractivity contribution >= 4 is 5.69 Å². The van der Waals surface area contributed by atoms with Crippen LogP contribution in [-0.4, -0.2) is 20.1 Å². The van der Waals surface area contributed by atoms with Gasteiger partial charge in [0.15, 0.2) is 0 Å². The first-order valence-electron chi connectivity index (χ1n) is 7.20. The molecular formula is C16H26N2. The Labute approximate surface area is 111 Å². The largest absolute Gasteiger partial charge is 0.378 e. The Bertz CT molecular complexity index is 356. The van der Waals surface area contributed by atoms with E-state index in [0.29, 0.717) is 0 Å². The third kappa shape index (κ3) is 3.26. The van der Waals surface area contributed by atoms with E-state index in [1.165, 1.54) is 36.9 Å². The van der Waals surface area contributed by atoms with Crippen LogP contribution < -0.4 is 10.2 Å². The molecule has 0 aliphatic heterocycles. The highest BCUT2D eigenvalue weighted by Crippen LogP contribution is 2.28. The van der Waals surface area contributed by atoms with Gasteiger partial charge in [0.25, 0.3) is 0 Å². The van der Waals surface area contributed by atoms with E-state index >= 15 is 0 Å². The fourth-order valence-corrected chi connectivity index (χ4v) is 2.96. The average molecular weight is 246 g/mol. The van der Waals surface area contributed by atoms with Gasteiger partial charge in [-0.15, -0.1) is 0 Å². The van der Waals surface area contributed by atoms with E-state index in [0.717, 1.165) is 18.5 Å². The van der Waals surface area contributed by atoms with Gasteiger partial charge in [0.2, 0.25) is 0 Å². The average Bonchev–Trinajstić information content (AvgIpc) is 2.84. The summed E-state index contributed by atoms with van der Waals surface area (Å²) >= 11 is 0. The van der Waals surface area contributed by atoms with Crippen molar-refractivity contribution in [2.75, 3.05) is 19.0 Å². The topological polar surface area (TPSA) is 15.3 Å². The summed E-state index contributed by atoms with van der Waals surface area (Å²) in [5, 5.41) is 3.73. The van der Waals surface area contributed by atoms with Crippen molar-refractivity contribution < 1.29 is 0 Å². The number of nitrogens with zero attached hydrogens (tertiary/aromatic N) is 1. The zero-order valence-electron chi connectivity index (χ0n) is 11.9. The molecule has 1 fully saturated rings. The van der Waals surface area contributed by atoms with E-state index in [2.05, 4.69) is 55.5 Å². The number of benzene rings is 1. The van der Waals surface area contributed by atoms with Crippen LogP contribution >= 0.6 is 0 Å². The van der Waals surface area contributed by atoms with Crippen molar-refractivity contribution in [3.05, 3.63) is 29.8 Å². The molecule has 2 heteroatoms. The van der Waals surface area contributed by atoms with Crippen LogP contribution in [0, 0.1) is 5.92 Å². The van der Waals surface area contributed by atoms with Crippen LogP contribution in [0.1, 0.15) is 38.2 Å². The maximum atomic E-state index is 3.73. The van der Waals surface area contributed by atoms with Gasteiger partial charge in [-0.25, -0.2) is 0 Å². The number of hydrogen-bond donors (Lipinski definition) is 1. The molecule has 0 saturated heterocycles. The summed E-state index contributed by atoms with van der Waals surface area (Å²) in [5.41, 5.74) is 2.66. The molecular weight excluding hydrogens is 220 g/mol. The Hall–Kier alpha value is -1.02. The summed E-state index contributed by atoms with van der Waals surface area (Å²) in [7, 11) is 4.16. The van der Waals surface area contributed by atoms with Gasteiger partial charge in [-0.2, -0.15) is 0 Å². The van der Waals surface area contributed by atoms with Crippen molar-refractivity contribution in [1.82, 2.24) is 5.32 Å². The minimum atomic E-state index is 0.739. The van der Waals surface area contributed by atoms with E-state index in [1.54, 1.807) is 0 Å². The van der Waals surface area contributed by atoms with Crippen LogP contribution in [0.5, 0.6) is 0 Å². The molecule has 0 bridgehead atoms. The molecule has 1 aliphatic carbocycles. The van der Waals surface area contributed by atoms with Gasteiger partial charge in [-0.1, -0.05) is 31.9 Å². The smallest absolute Gasteiger partial charge is 0.0361 e. The van der Waals surface area contributed by atoms with Crippen molar-refractivity contribution in [3.8, 4) is 0 Å². The molecule has 1 aromatic rings. The lowest BCUT2D eigenvalue weighted by Gasteiger charge is -2.20. The second-order valence-electron chi connectivity index (χ2n) is 5.65. The second-order valence-corrected chi connectivity index (χ2v) is 5.65. The molecule has 0 heterocycles. The number of nitrogens with one attached hydrogen (secondary N) is 1. The summed E-state index contributed by atoms with van der Waals surface area (Å²) in [6, 6.07) is 9.60. The fourth-order valence-electron chi connectivity index (χ4n) is 2.96. The van der Waals surface area contributed by atoms with Gasteiger partial charge in [0, 0.05) is 32.4 Å². The lowest BCUT2D eigenvalue weighted by Crippen LogP contribution is -2.31. The first-order valence-corrected chi connectivity index (χ1v) is 7.20. The van der Waals surface area contributed by atoms with E-state index in [-0.39, 0.29) is 0 Å².